The van der Waals surface area contributed by atoms with Gasteiger partial charge in [0.15, 0.2) is 0 Å². The summed E-state index contributed by atoms with van der Waals surface area (Å²) >= 11 is 0. The van der Waals surface area contributed by atoms with Gasteiger partial charge in [-0.3, -0.25) is 0 Å². The van der Waals surface area contributed by atoms with Gasteiger partial charge in [-0.1, -0.05) is 24.3 Å². The zero-order chi connectivity index (χ0) is 9.68. The molecule has 13 heavy (non-hydrogen) atoms. The first-order valence-electron chi connectivity index (χ1n) is 4.21. The van der Waals surface area contributed by atoms with Crippen LogP contribution in [0.15, 0.2) is 24.3 Å². The maximum absolute atomic E-state index is 5.77. The molecular weight excluding hydrogens is 162 g/mol. The Balaban J connectivity index is 2.83. The second-order valence-corrected chi connectivity index (χ2v) is 2.81. The molecule has 1 rings (SSSR count). The maximum Gasteiger partial charge on any atom is 0.0621 e. The fraction of sp³-hybridized carbons (Fsp3) is 0.200. The van der Waals surface area contributed by atoms with Crippen molar-refractivity contribution in [2.75, 3.05) is 25.1 Å². The highest BCUT2D eigenvalue weighted by Gasteiger charge is 1.96. The van der Waals surface area contributed by atoms with Gasteiger partial charge >= 0.3 is 0 Å². The molecule has 5 N–H and O–H groups in total. The van der Waals surface area contributed by atoms with Crippen molar-refractivity contribution < 1.29 is 0 Å². The highest BCUT2D eigenvalue weighted by Crippen LogP contribution is 2.20. The van der Waals surface area contributed by atoms with Crippen LogP contribution in [0.5, 0.6) is 0 Å². The van der Waals surface area contributed by atoms with Gasteiger partial charge in [0, 0.05) is 6.54 Å². The normalized spacial score (nSPS) is 10.8. The predicted molar refractivity (Wildman–Crippen MR) is 58.2 cm³/mol. The SMILES string of the molecule is CNCC=Cc1cccc(N)c1N. The van der Waals surface area contributed by atoms with Crippen LogP contribution in [0.4, 0.5) is 11.4 Å². The minimum Gasteiger partial charge on any atom is -0.397 e. The summed E-state index contributed by atoms with van der Waals surface area (Å²) in [7, 11) is 1.90. The fourth-order valence-electron chi connectivity index (χ4n) is 1.05. The summed E-state index contributed by atoms with van der Waals surface area (Å²) in [6.07, 6.45) is 3.97. The molecule has 3 heteroatoms. The summed E-state index contributed by atoms with van der Waals surface area (Å²) in [5, 5.41) is 3.01. The second-order valence-electron chi connectivity index (χ2n) is 2.81. The van der Waals surface area contributed by atoms with E-state index in [0.29, 0.717) is 11.4 Å². The second kappa shape index (κ2) is 4.52. The van der Waals surface area contributed by atoms with E-state index in [-0.39, 0.29) is 0 Å². The Labute approximate surface area is 78.4 Å². The Morgan fingerprint density at radius 3 is 2.85 bits per heavy atom. The van der Waals surface area contributed by atoms with Gasteiger partial charge in [-0.25, -0.2) is 0 Å². The van der Waals surface area contributed by atoms with Crippen molar-refractivity contribution in [2.24, 2.45) is 0 Å². The predicted octanol–water partition coefficient (Wildman–Crippen LogP) is 1.08. The lowest BCUT2D eigenvalue weighted by molar-refractivity contribution is 0.922. The van der Waals surface area contributed by atoms with Gasteiger partial charge in [0.2, 0.25) is 0 Å². The molecule has 70 valence electrons. The summed E-state index contributed by atoms with van der Waals surface area (Å²) in [4.78, 5) is 0. The monoisotopic (exact) mass is 177 g/mol. The summed E-state index contributed by atoms with van der Waals surface area (Å²) < 4.78 is 0. The molecule has 0 fully saturated rings. The molecule has 0 heterocycles. The van der Waals surface area contributed by atoms with Gasteiger partial charge in [-0.15, -0.1) is 0 Å². The van der Waals surface area contributed by atoms with Crippen LogP contribution in [-0.2, 0) is 0 Å². The number of para-hydroxylation sites is 1. The van der Waals surface area contributed by atoms with Crippen molar-refractivity contribution in [3.05, 3.63) is 29.8 Å². The van der Waals surface area contributed by atoms with Gasteiger partial charge in [0.25, 0.3) is 0 Å². The Morgan fingerprint density at radius 2 is 2.15 bits per heavy atom. The average Bonchev–Trinajstić information content (AvgIpc) is 2.13. The zero-order valence-electron chi connectivity index (χ0n) is 7.75. The van der Waals surface area contributed by atoms with Crippen LogP contribution in [0.3, 0.4) is 0 Å². The average molecular weight is 177 g/mol. The maximum atomic E-state index is 5.77. The molecule has 0 aliphatic carbocycles. The van der Waals surface area contributed by atoms with E-state index in [9.17, 15) is 0 Å². The van der Waals surface area contributed by atoms with E-state index in [1.165, 1.54) is 0 Å². The summed E-state index contributed by atoms with van der Waals surface area (Å²) in [5.41, 5.74) is 13.7. The fourth-order valence-corrected chi connectivity index (χ4v) is 1.05. The van der Waals surface area contributed by atoms with Gasteiger partial charge in [0.1, 0.15) is 0 Å². The molecular formula is C10H15N3. The Bertz CT molecular complexity index is 305. The number of hydrogen-bond acceptors (Lipinski definition) is 3. The van der Waals surface area contributed by atoms with Gasteiger partial charge in [-0.2, -0.15) is 0 Å². The molecule has 0 unspecified atom stereocenters. The van der Waals surface area contributed by atoms with E-state index < -0.39 is 0 Å². The first-order valence-corrected chi connectivity index (χ1v) is 4.21. The van der Waals surface area contributed by atoms with E-state index in [0.717, 1.165) is 12.1 Å². The molecule has 0 saturated heterocycles. The third-order valence-electron chi connectivity index (χ3n) is 1.79. The van der Waals surface area contributed by atoms with E-state index >= 15 is 0 Å². The van der Waals surface area contributed by atoms with Crippen LogP contribution >= 0.6 is 0 Å². The molecule has 0 radical (unpaired) electrons. The van der Waals surface area contributed by atoms with Crippen molar-refractivity contribution in [1.29, 1.82) is 0 Å². The molecule has 0 saturated carbocycles. The largest absolute Gasteiger partial charge is 0.397 e. The van der Waals surface area contributed by atoms with E-state index in [1.807, 2.05) is 31.3 Å². The molecule has 3 nitrogen and oxygen atoms in total. The topological polar surface area (TPSA) is 64.1 Å². The highest BCUT2D eigenvalue weighted by molar-refractivity contribution is 5.75. The number of rotatable bonds is 3. The first-order chi connectivity index (χ1) is 6.25. The summed E-state index contributed by atoms with van der Waals surface area (Å²) in [6, 6.07) is 5.63. The Morgan fingerprint density at radius 1 is 1.38 bits per heavy atom. The first kappa shape index (κ1) is 9.61. The quantitative estimate of drug-likeness (QED) is 0.605. The summed E-state index contributed by atoms with van der Waals surface area (Å²) in [5.74, 6) is 0. The molecule has 0 bridgehead atoms. The van der Waals surface area contributed by atoms with Crippen LogP contribution in [-0.4, -0.2) is 13.6 Å². The standard InChI is InChI=1S/C10H15N3/c1-13-7-3-5-8-4-2-6-9(11)10(8)12/h2-6,13H,7,11-12H2,1H3. The number of nitrogen functional groups attached to an aromatic ring is 2. The van der Waals surface area contributed by atoms with Crippen LogP contribution in [0.2, 0.25) is 0 Å². The number of likely N-dealkylation sites (N-methyl/N-ethyl adjacent to an activating group) is 1. The molecule has 0 atom stereocenters. The summed E-state index contributed by atoms with van der Waals surface area (Å²) in [6.45, 7) is 0.828. The van der Waals surface area contributed by atoms with Crippen LogP contribution < -0.4 is 16.8 Å². The molecule has 0 aliphatic rings. The molecule has 0 aromatic heterocycles. The third-order valence-corrected chi connectivity index (χ3v) is 1.79. The minimum absolute atomic E-state index is 0.631. The van der Waals surface area contributed by atoms with Crippen molar-refractivity contribution in [2.45, 2.75) is 0 Å². The lowest BCUT2D eigenvalue weighted by atomic mass is 10.1. The number of anilines is 2. The van der Waals surface area contributed by atoms with Crippen LogP contribution in [0.1, 0.15) is 5.56 Å². The molecule has 1 aromatic carbocycles. The molecule has 0 aliphatic heterocycles. The Kier molecular flexibility index (Phi) is 3.34. The molecule has 0 amide bonds. The number of benzene rings is 1. The molecule has 0 spiro atoms. The van der Waals surface area contributed by atoms with E-state index in [2.05, 4.69) is 5.32 Å². The number of nitrogens with two attached hydrogens (primary N) is 2. The lowest BCUT2D eigenvalue weighted by Crippen LogP contribution is -2.04. The minimum atomic E-state index is 0.631. The van der Waals surface area contributed by atoms with Crippen molar-refractivity contribution in [3.8, 4) is 0 Å². The van der Waals surface area contributed by atoms with Crippen molar-refractivity contribution in [3.63, 3.8) is 0 Å². The van der Waals surface area contributed by atoms with E-state index in [4.69, 9.17) is 11.5 Å². The van der Waals surface area contributed by atoms with Crippen molar-refractivity contribution in [1.82, 2.24) is 5.32 Å². The third kappa shape index (κ3) is 2.49. The number of hydrogen-bond donors (Lipinski definition) is 3. The number of nitrogens with one attached hydrogen (secondary N) is 1. The van der Waals surface area contributed by atoms with Gasteiger partial charge in [-0.05, 0) is 18.7 Å². The molecule has 1 aromatic rings. The van der Waals surface area contributed by atoms with E-state index in [1.54, 1.807) is 6.07 Å². The zero-order valence-corrected chi connectivity index (χ0v) is 7.75. The van der Waals surface area contributed by atoms with Gasteiger partial charge in [0.05, 0.1) is 11.4 Å². The smallest absolute Gasteiger partial charge is 0.0621 e. The van der Waals surface area contributed by atoms with Crippen LogP contribution in [0.25, 0.3) is 6.08 Å². The lowest BCUT2D eigenvalue weighted by Gasteiger charge is -2.02. The van der Waals surface area contributed by atoms with Crippen LogP contribution in [0, 0.1) is 0 Å². The van der Waals surface area contributed by atoms with Crippen molar-refractivity contribution >= 4 is 17.5 Å². The van der Waals surface area contributed by atoms with Gasteiger partial charge < -0.3 is 16.8 Å². The Hall–Kier alpha value is -1.48. The highest BCUT2D eigenvalue weighted by atomic mass is 14.8.